The normalized spacial score (nSPS) is 10.9. The number of H-pyrrole nitrogens is 1. The van der Waals surface area contributed by atoms with Crippen LogP contribution in [0.1, 0.15) is 31.8 Å². The summed E-state index contributed by atoms with van der Waals surface area (Å²) in [7, 11) is 1.40. The predicted octanol–water partition coefficient (Wildman–Crippen LogP) is 5.18. The Balaban J connectivity index is 1.53. The van der Waals surface area contributed by atoms with E-state index < -0.39 is 11.7 Å². The van der Waals surface area contributed by atoms with Gasteiger partial charge in [0.05, 0.1) is 28.3 Å². The van der Waals surface area contributed by atoms with Crippen molar-refractivity contribution in [2.45, 2.75) is 6.54 Å². The first kappa shape index (κ1) is 21.8. The van der Waals surface area contributed by atoms with Crippen molar-refractivity contribution < 1.29 is 18.7 Å². The molecule has 0 fully saturated rings. The number of nitrogens with zero attached hydrogens (tertiary/aromatic N) is 1. The Morgan fingerprint density at radius 3 is 2.62 bits per heavy atom. The third-order valence-corrected chi connectivity index (χ3v) is 5.53. The highest BCUT2D eigenvalue weighted by atomic mass is 35.5. The number of ketones is 1. The molecule has 4 rings (SSSR count). The van der Waals surface area contributed by atoms with Gasteiger partial charge in [-0.25, -0.2) is 9.37 Å². The highest BCUT2D eigenvalue weighted by Gasteiger charge is 2.20. The molecule has 0 saturated heterocycles. The van der Waals surface area contributed by atoms with Crippen LogP contribution in [-0.4, -0.2) is 28.8 Å². The number of aromatic amines is 1. The van der Waals surface area contributed by atoms with Gasteiger partial charge >= 0.3 is 0 Å². The Labute approximate surface area is 192 Å². The molecule has 1 amide bonds. The number of nitrogens with one attached hydrogen (secondary N) is 2. The molecule has 2 aromatic heterocycles. The van der Waals surface area contributed by atoms with Gasteiger partial charge < -0.3 is 15.0 Å². The molecule has 9 heteroatoms. The van der Waals surface area contributed by atoms with Crippen LogP contribution in [0.3, 0.4) is 0 Å². The Morgan fingerprint density at radius 2 is 1.88 bits per heavy atom. The van der Waals surface area contributed by atoms with Crippen LogP contribution in [0.4, 0.5) is 4.39 Å². The third-order valence-electron chi connectivity index (χ3n) is 4.90. The van der Waals surface area contributed by atoms with Crippen molar-refractivity contribution in [1.29, 1.82) is 0 Å². The van der Waals surface area contributed by atoms with E-state index in [2.05, 4.69) is 15.3 Å². The number of aromatic nitrogens is 2. The average Bonchev–Trinajstić information content (AvgIpc) is 3.22. The van der Waals surface area contributed by atoms with Crippen molar-refractivity contribution in [3.05, 3.63) is 93.0 Å². The minimum atomic E-state index is -0.547. The van der Waals surface area contributed by atoms with Crippen LogP contribution in [0.5, 0.6) is 5.75 Å². The summed E-state index contributed by atoms with van der Waals surface area (Å²) in [5.74, 6) is -1.10. The zero-order valence-corrected chi connectivity index (χ0v) is 18.2. The van der Waals surface area contributed by atoms with Crippen LogP contribution in [0.2, 0.25) is 10.0 Å². The average molecular weight is 472 g/mol. The number of methoxy groups -OCH3 is 1. The Morgan fingerprint density at radius 1 is 1.06 bits per heavy atom. The second-order valence-electron chi connectivity index (χ2n) is 6.89. The number of fused-ring (bicyclic) bond motifs is 1. The Kier molecular flexibility index (Phi) is 6.12. The van der Waals surface area contributed by atoms with E-state index in [1.54, 1.807) is 36.7 Å². The highest BCUT2D eigenvalue weighted by Crippen LogP contribution is 2.29. The van der Waals surface area contributed by atoms with Crippen molar-refractivity contribution in [3.8, 4) is 5.75 Å². The van der Waals surface area contributed by atoms with E-state index in [1.165, 1.54) is 19.2 Å². The molecular weight excluding hydrogens is 456 g/mol. The lowest BCUT2D eigenvalue weighted by Crippen LogP contribution is -2.23. The van der Waals surface area contributed by atoms with Gasteiger partial charge in [-0.3, -0.25) is 9.59 Å². The number of rotatable bonds is 6. The topological polar surface area (TPSA) is 84.1 Å². The molecule has 0 aliphatic heterocycles. The number of pyridine rings is 1. The summed E-state index contributed by atoms with van der Waals surface area (Å²) in [5, 5.41) is 3.84. The SMILES string of the molecule is COc1ccc(F)cc1C(=O)NCc1ccc(C(=O)c2c[nH]c3nccc(Cl)c23)c(Cl)c1. The second-order valence-corrected chi connectivity index (χ2v) is 7.70. The first-order valence-corrected chi connectivity index (χ1v) is 10.2. The zero-order valence-electron chi connectivity index (χ0n) is 16.7. The van der Waals surface area contributed by atoms with Crippen LogP contribution in [0.25, 0.3) is 11.0 Å². The summed E-state index contributed by atoms with van der Waals surface area (Å²) >= 11 is 12.6. The molecule has 6 nitrogen and oxygen atoms in total. The van der Waals surface area contributed by atoms with Gasteiger partial charge in [0.25, 0.3) is 5.91 Å². The lowest BCUT2D eigenvalue weighted by atomic mass is 10.0. The summed E-state index contributed by atoms with van der Waals surface area (Å²) in [6.07, 6.45) is 3.09. The molecule has 0 saturated carbocycles. The zero-order chi connectivity index (χ0) is 22.8. The quantitative estimate of drug-likeness (QED) is 0.379. The standard InChI is InChI=1S/C23H16Cl2FN3O3/c1-32-19-5-3-13(26)9-15(19)23(31)29-10-12-2-4-14(18(25)8-12)21(30)16-11-28-22-20(16)17(24)6-7-27-22/h2-9,11H,10H2,1H3,(H,27,28)(H,29,31). The van der Waals surface area contributed by atoms with Gasteiger partial charge in [0.15, 0.2) is 5.78 Å². The largest absolute Gasteiger partial charge is 0.496 e. The molecule has 0 aliphatic carbocycles. The van der Waals surface area contributed by atoms with Gasteiger partial charge in [-0.05, 0) is 42.0 Å². The van der Waals surface area contributed by atoms with E-state index in [1.807, 2.05) is 0 Å². The molecule has 0 spiro atoms. The van der Waals surface area contributed by atoms with Crippen LogP contribution >= 0.6 is 23.2 Å². The monoisotopic (exact) mass is 471 g/mol. The maximum Gasteiger partial charge on any atom is 0.255 e. The summed E-state index contributed by atoms with van der Waals surface area (Å²) < 4.78 is 18.6. The smallest absolute Gasteiger partial charge is 0.255 e. The van der Waals surface area contributed by atoms with Gasteiger partial charge in [0.1, 0.15) is 17.2 Å². The third kappa shape index (κ3) is 4.17. The fraction of sp³-hybridized carbons (Fsp3) is 0.0870. The molecule has 0 radical (unpaired) electrons. The van der Waals surface area contributed by atoms with E-state index in [0.717, 1.165) is 6.07 Å². The molecule has 4 aromatic rings. The number of carbonyl (C=O) groups is 2. The molecule has 2 heterocycles. The van der Waals surface area contributed by atoms with Crippen molar-refractivity contribution in [3.63, 3.8) is 0 Å². The number of hydrogen-bond acceptors (Lipinski definition) is 4. The molecule has 2 aromatic carbocycles. The first-order valence-electron chi connectivity index (χ1n) is 9.45. The van der Waals surface area contributed by atoms with Crippen LogP contribution in [-0.2, 0) is 6.54 Å². The lowest BCUT2D eigenvalue weighted by molar-refractivity contribution is 0.0946. The van der Waals surface area contributed by atoms with Crippen molar-refractivity contribution in [1.82, 2.24) is 15.3 Å². The minimum absolute atomic E-state index is 0.0789. The fourth-order valence-corrected chi connectivity index (χ4v) is 3.87. The number of hydrogen-bond donors (Lipinski definition) is 2. The van der Waals surface area contributed by atoms with Crippen LogP contribution in [0, 0.1) is 5.82 Å². The summed E-state index contributed by atoms with van der Waals surface area (Å²) in [6.45, 7) is 0.121. The van der Waals surface area contributed by atoms with Crippen molar-refractivity contribution in [2.24, 2.45) is 0 Å². The van der Waals surface area contributed by atoms with E-state index in [9.17, 15) is 14.0 Å². The molecule has 0 bridgehead atoms. The number of halogens is 3. The molecular formula is C23H16Cl2FN3O3. The van der Waals surface area contributed by atoms with Crippen LogP contribution < -0.4 is 10.1 Å². The van der Waals surface area contributed by atoms with E-state index >= 15 is 0 Å². The maximum atomic E-state index is 13.5. The summed E-state index contributed by atoms with van der Waals surface area (Å²) in [6, 6.07) is 10.1. The van der Waals surface area contributed by atoms with Crippen LogP contribution in [0.15, 0.2) is 54.9 Å². The summed E-state index contributed by atoms with van der Waals surface area (Å²) in [5.41, 5.74) is 1.89. The van der Waals surface area contributed by atoms with E-state index in [-0.39, 0.29) is 34.2 Å². The lowest BCUT2D eigenvalue weighted by Gasteiger charge is -2.11. The Bertz CT molecular complexity index is 1350. The molecule has 2 N–H and O–H groups in total. The maximum absolute atomic E-state index is 13.5. The first-order chi connectivity index (χ1) is 15.4. The fourth-order valence-electron chi connectivity index (χ4n) is 3.33. The number of benzene rings is 2. The summed E-state index contributed by atoms with van der Waals surface area (Å²) in [4.78, 5) is 32.6. The molecule has 32 heavy (non-hydrogen) atoms. The Hall–Kier alpha value is -3.42. The number of carbonyl (C=O) groups excluding carboxylic acids is 2. The second kappa shape index (κ2) is 8.98. The highest BCUT2D eigenvalue weighted by molar-refractivity contribution is 6.38. The van der Waals surface area contributed by atoms with E-state index in [4.69, 9.17) is 27.9 Å². The molecule has 0 atom stereocenters. The molecule has 0 unspecified atom stereocenters. The van der Waals surface area contributed by atoms with Crippen molar-refractivity contribution in [2.75, 3.05) is 7.11 Å². The number of amides is 1. The van der Waals surface area contributed by atoms with Gasteiger partial charge in [-0.15, -0.1) is 0 Å². The van der Waals surface area contributed by atoms with Crippen molar-refractivity contribution >= 4 is 45.9 Å². The van der Waals surface area contributed by atoms with Gasteiger partial charge in [-0.1, -0.05) is 29.3 Å². The minimum Gasteiger partial charge on any atom is -0.496 e. The number of ether oxygens (including phenoxy) is 1. The predicted molar refractivity (Wildman–Crippen MR) is 120 cm³/mol. The molecule has 0 aliphatic rings. The van der Waals surface area contributed by atoms with Gasteiger partial charge in [-0.2, -0.15) is 0 Å². The molecule has 162 valence electrons. The van der Waals surface area contributed by atoms with E-state index in [0.29, 0.717) is 27.2 Å². The van der Waals surface area contributed by atoms with Gasteiger partial charge in [0, 0.05) is 29.9 Å². The van der Waals surface area contributed by atoms with Gasteiger partial charge in [0.2, 0.25) is 0 Å².